The minimum atomic E-state index is 0.718. The Kier molecular flexibility index (Phi) is 2.85. The Morgan fingerprint density at radius 3 is 3.06 bits per heavy atom. The van der Waals surface area contributed by atoms with Crippen LogP contribution in [0.5, 0.6) is 0 Å². The maximum Gasteiger partial charge on any atom is 0.0960 e. The molecule has 0 radical (unpaired) electrons. The monoisotopic (exact) mass is 229 g/mol. The number of hydrogen-bond donors (Lipinski definition) is 1. The summed E-state index contributed by atoms with van der Waals surface area (Å²) in [7, 11) is 2.00. The van der Waals surface area contributed by atoms with E-state index in [1.807, 2.05) is 13.4 Å². The molecule has 0 saturated heterocycles. The summed E-state index contributed by atoms with van der Waals surface area (Å²) >= 11 is 0. The van der Waals surface area contributed by atoms with Crippen LogP contribution in [0.3, 0.4) is 0 Å². The Morgan fingerprint density at radius 2 is 2.29 bits per heavy atom. The highest BCUT2D eigenvalue weighted by atomic mass is 15.1. The molecule has 2 aromatic rings. The van der Waals surface area contributed by atoms with Crippen molar-refractivity contribution in [3.8, 4) is 0 Å². The van der Waals surface area contributed by atoms with Gasteiger partial charge in [0, 0.05) is 6.04 Å². The van der Waals surface area contributed by atoms with Gasteiger partial charge >= 0.3 is 0 Å². The van der Waals surface area contributed by atoms with Gasteiger partial charge < -0.3 is 9.88 Å². The van der Waals surface area contributed by atoms with Crippen LogP contribution in [-0.4, -0.2) is 23.1 Å². The van der Waals surface area contributed by atoms with Crippen LogP contribution in [0.15, 0.2) is 24.5 Å². The van der Waals surface area contributed by atoms with Crippen molar-refractivity contribution in [2.45, 2.75) is 31.7 Å². The van der Waals surface area contributed by atoms with Gasteiger partial charge in [-0.05, 0) is 57.0 Å². The number of imidazole rings is 1. The van der Waals surface area contributed by atoms with Gasteiger partial charge in [-0.2, -0.15) is 0 Å². The van der Waals surface area contributed by atoms with Gasteiger partial charge in [0.15, 0.2) is 0 Å². The first kappa shape index (κ1) is 10.8. The molecule has 0 aliphatic heterocycles. The predicted molar refractivity (Wildman–Crippen MR) is 70.3 cm³/mol. The highest BCUT2D eigenvalue weighted by molar-refractivity contribution is 5.76. The third kappa shape index (κ3) is 2.20. The molecule has 3 heteroatoms. The molecule has 1 fully saturated rings. The Morgan fingerprint density at radius 1 is 1.41 bits per heavy atom. The molecular formula is C14H19N3. The van der Waals surface area contributed by atoms with Crippen LogP contribution in [0.4, 0.5) is 0 Å². The topological polar surface area (TPSA) is 29.9 Å². The van der Waals surface area contributed by atoms with Crippen molar-refractivity contribution >= 4 is 11.0 Å². The van der Waals surface area contributed by atoms with E-state index < -0.39 is 0 Å². The summed E-state index contributed by atoms with van der Waals surface area (Å²) in [5.74, 6) is 0. The summed E-state index contributed by atoms with van der Waals surface area (Å²) in [5, 5.41) is 3.18. The molecule has 1 heterocycles. The van der Waals surface area contributed by atoms with E-state index in [4.69, 9.17) is 0 Å². The second-order valence-electron chi connectivity index (χ2n) is 4.91. The molecule has 0 amide bonds. The third-order valence-electron chi connectivity index (χ3n) is 3.47. The normalized spacial score (nSPS) is 15.6. The zero-order chi connectivity index (χ0) is 11.7. The summed E-state index contributed by atoms with van der Waals surface area (Å²) in [6, 6.07) is 7.44. The second-order valence-corrected chi connectivity index (χ2v) is 4.91. The van der Waals surface area contributed by atoms with Crippen LogP contribution in [0.25, 0.3) is 11.0 Å². The number of nitrogens with one attached hydrogen (secondary N) is 1. The average Bonchev–Trinajstić information content (AvgIpc) is 3.10. The molecule has 0 spiro atoms. The summed E-state index contributed by atoms with van der Waals surface area (Å²) < 4.78 is 2.33. The lowest BCUT2D eigenvalue weighted by atomic mass is 10.1. The third-order valence-corrected chi connectivity index (χ3v) is 3.47. The molecule has 0 bridgehead atoms. The maximum absolute atomic E-state index is 4.52. The average molecular weight is 229 g/mol. The van der Waals surface area contributed by atoms with Crippen LogP contribution < -0.4 is 5.32 Å². The second kappa shape index (κ2) is 4.49. The highest BCUT2D eigenvalue weighted by Gasteiger charge is 2.24. The van der Waals surface area contributed by atoms with Gasteiger partial charge in [0.05, 0.1) is 17.4 Å². The first-order valence-corrected chi connectivity index (χ1v) is 6.48. The van der Waals surface area contributed by atoms with Crippen LogP contribution in [0, 0.1) is 0 Å². The quantitative estimate of drug-likeness (QED) is 0.798. The molecule has 1 aromatic carbocycles. The number of aryl methyl sites for hydroxylation is 1. The standard InChI is InChI=1S/C14H19N3/c1-15-8-2-3-11-4-7-14-13(9-11)16-10-17(14)12-5-6-12/h4,7,9-10,12,15H,2-3,5-6,8H2,1H3. The fourth-order valence-corrected chi connectivity index (χ4v) is 2.35. The van der Waals surface area contributed by atoms with E-state index in [0.717, 1.165) is 24.5 Å². The zero-order valence-corrected chi connectivity index (χ0v) is 10.3. The SMILES string of the molecule is CNCCCc1ccc2c(c1)ncn2C1CC1. The lowest BCUT2D eigenvalue weighted by molar-refractivity contribution is 0.725. The minimum Gasteiger partial charge on any atom is -0.327 e. The number of benzene rings is 1. The van der Waals surface area contributed by atoms with E-state index in [1.54, 1.807) is 0 Å². The molecule has 1 aliphatic carbocycles. The van der Waals surface area contributed by atoms with Crippen LogP contribution in [0.2, 0.25) is 0 Å². The van der Waals surface area contributed by atoms with Crippen molar-refractivity contribution in [1.82, 2.24) is 14.9 Å². The lowest BCUT2D eigenvalue weighted by Crippen LogP contribution is -2.08. The molecule has 1 aromatic heterocycles. The number of aromatic nitrogens is 2. The number of fused-ring (bicyclic) bond motifs is 1. The molecule has 0 atom stereocenters. The van der Waals surface area contributed by atoms with E-state index in [-0.39, 0.29) is 0 Å². The van der Waals surface area contributed by atoms with Gasteiger partial charge in [0.25, 0.3) is 0 Å². The van der Waals surface area contributed by atoms with E-state index in [2.05, 4.69) is 33.1 Å². The van der Waals surface area contributed by atoms with Crippen molar-refractivity contribution in [2.24, 2.45) is 0 Å². The van der Waals surface area contributed by atoms with Gasteiger partial charge in [-0.15, -0.1) is 0 Å². The van der Waals surface area contributed by atoms with Crippen molar-refractivity contribution in [2.75, 3.05) is 13.6 Å². The number of hydrogen-bond acceptors (Lipinski definition) is 2. The fourth-order valence-electron chi connectivity index (χ4n) is 2.35. The van der Waals surface area contributed by atoms with Crippen molar-refractivity contribution < 1.29 is 0 Å². The van der Waals surface area contributed by atoms with Crippen LogP contribution in [0.1, 0.15) is 30.9 Å². The van der Waals surface area contributed by atoms with Gasteiger partial charge in [-0.1, -0.05) is 6.07 Å². The zero-order valence-electron chi connectivity index (χ0n) is 10.3. The molecule has 3 nitrogen and oxygen atoms in total. The van der Waals surface area contributed by atoms with Crippen LogP contribution in [-0.2, 0) is 6.42 Å². The molecule has 17 heavy (non-hydrogen) atoms. The minimum absolute atomic E-state index is 0.718. The largest absolute Gasteiger partial charge is 0.327 e. The van der Waals surface area contributed by atoms with Crippen LogP contribution >= 0.6 is 0 Å². The summed E-state index contributed by atoms with van der Waals surface area (Å²) in [6.07, 6.45) is 6.95. The van der Waals surface area contributed by atoms with Crippen molar-refractivity contribution in [3.63, 3.8) is 0 Å². The Bertz CT molecular complexity index is 511. The summed E-state index contributed by atoms with van der Waals surface area (Å²) in [4.78, 5) is 4.52. The first-order valence-electron chi connectivity index (χ1n) is 6.48. The molecule has 1 aliphatic rings. The Hall–Kier alpha value is -1.35. The fraction of sp³-hybridized carbons (Fsp3) is 0.500. The van der Waals surface area contributed by atoms with Gasteiger partial charge in [-0.25, -0.2) is 4.98 Å². The lowest BCUT2D eigenvalue weighted by Gasteiger charge is -2.03. The number of rotatable bonds is 5. The Balaban J connectivity index is 1.81. The Labute approximate surface area is 102 Å². The van der Waals surface area contributed by atoms with E-state index in [1.165, 1.54) is 30.3 Å². The van der Waals surface area contributed by atoms with E-state index in [0.29, 0.717) is 0 Å². The summed E-state index contributed by atoms with van der Waals surface area (Å²) in [5.41, 5.74) is 3.84. The number of nitrogens with zero attached hydrogens (tertiary/aromatic N) is 2. The highest BCUT2D eigenvalue weighted by Crippen LogP contribution is 2.37. The van der Waals surface area contributed by atoms with Gasteiger partial charge in [-0.3, -0.25) is 0 Å². The first-order chi connectivity index (χ1) is 8.38. The van der Waals surface area contributed by atoms with Gasteiger partial charge in [0.1, 0.15) is 0 Å². The van der Waals surface area contributed by atoms with E-state index in [9.17, 15) is 0 Å². The van der Waals surface area contributed by atoms with Gasteiger partial charge in [0.2, 0.25) is 0 Å². The van der Waals surface area contributed by atoms with Crippen molar-refractivity contribution in [3.05, 3.63) is 30.1 Å². The molecule has 1 N–H and O–H groups in total. The predicted octanol–water partition coefficient (Wildman–Crippen LogP) is 2.52. The molecular weight excluding hydrogens is 210 g/mol. The molecule has 0 unspecified atom stereocenters. The molecule has 1 saturated carbocycles. The summed E-state index contributed by atoms with van der Waals surface area (Å²) in [6.45, 7) is 1.08. The maximum atomic E-state index is 4.52. The molecule has 90 valence electrons. The van der Waals surface area contributed by atoms with E-state index >= 15 is 0 Å². The molecule has 3 rings (SSSR count). The smallest absolute Gasteiger partial charge is 0.0960 e. The van der Waals surface area contributed by atoms with Crippen molar-refractivity contribution in [1.29, 1.82) is 0 Å².